The molecule has 5 nitrogen and oxygen atoms in total. The molecule has 0 radical (unpaired) electrons. The average Bonchev–Trinajstić information content (AvgIpc) is 3.33. The van der Waals surface area contributed by atoms with Crippen LogP contribution in [0.5, 0.6) is 0 Å². The predicted molar refractivity (Wildman–Crippen MR) is 293 cm³/mol. The van der Waals surface area contributed by atoms with E-state index in [2.05, 4.69) is 86.8 Å². The van der Waals surface area contributed by atoms with Gasteiger partial charge in [-0.15, -0.1) is 0 Å². The molecule has 1 unspecified atom stereocenters. The summed E-state index contributed by atoms with van der Waals surface area (Å²) in [5.74, 6) is -0.577. The Morgan fingerprint density at radius 1 is 0.358 bits per heavy atom. The maximum absolute atomic E-state index is 12.3. The number of allylic oxidation sites excluding steroid dienone is 12. The van der Waals surface area contributed by atoms with E-state index in [-0.39, 0.29) is 25.2 Å². The summed E-state index contributed by atoms with van der Waals surface area (Å²) >= 11 is 0. The second-order valence-corrected chi connectivity index (χ2v) is 19.3. The Hall–Kier alpha value is -2.66. The van der Waals surface area contributed by atoms with Crippen LogP contribution in [0.2, 0.25) is 0 Å². The van der Waals surface area contributed by atoms with Crippen LogP contribution in [0.25, 0.3) is 0 Å². The van der Waals surface area contributed by atoms with Crippen LogP contribution in [0.4, 0.5) is 0 Å². The molecular weight excluding hydrogens is 825 g/mol. The van der Waals surface area contributed by atoms with E-state index in [1.807, 2.05) is 0 Å². The normalized spacial score (nSPS) is 12.7. The quantitative estimate of drug-likeness (QED) is 0.0374. The van der Waals surface area contributed by atoms with E-state index in [0.717, 1.165) is 77.0 Å². The van der Waals surface area contributed by atoms with Gasteiger partial charge < -0.3 is 14.6 Å². The van der Waals surface area contributed by atoms with Gasteiger partial charge in [0.25, 0.3) is 0 Å². The number of hydrogen-bond donors (Lipinski definition) is 1. The lowest BCUT2D eigenvalue weighted by Crippen LogP contribution is -2.28. The highest BCUT2D eigenvalue weighted by molar-refractivity contribution is 5.70. The summed E-state index contributed by atoms with van der Waals surface area (Å²) in [4.78, 5) is 24.5. The van der Waals surface area contributed by atoms with Gasteiger partial charge in [0, 0.05) is 12.8 Å². The van der Waals surface area contributed by atoms with Gasteiger partial charge >= 0.3 is 11.9 Å². The number of hydrogen-bond acceptors (Lipinski definition) is 5. The first-order valence-electron chi connectivity index (χ1n) is 29.0. The number of esters is 2. The third-order valence-corrected chi connectivity index (χ3v) is 12.8. The summed E-state index contributed by atoms with van der Waals surface area (Å²) < 4.78 is 10.7. The zero-order valence-electron chi connectivity index (χ0n) is 44.4. The highest BCUT2D eigenvalue weighted by Gasteiger charge is 2.16. The van der Waals surface area contributed by atoms with Gasteiger partial charge in [-0.1, -0.05) is 286 Å². The summed E-state index contributed by atoms with van der Waals surface area (Å²) in [6.45, 7) is 4.06. The molecule has 388 valence electrons. The standard InChI is InChI=1S/C62H110O5/c1-3-5-7-9-11-13-15-17-19-21-23-24-25-26-27-28-29-30-31-32-33-34-35-36-37-38-39-41-43-45-47-49-51-53-55-57-62(65)67-60(58-63)59-66-61(64)56-54-52-50-48-46-44-42-40-22-20-18-16-14-12-10-8-6-4-2/h5,7,11,13,17,19,23-24,26-27,29-30,60,63H,3-4,6,8-10,12,14-16,18,20-22,25,28,31-59H2,1-2H3/b7-5-,13-11-,19-17-,24-23-,27-26-,30-29-. The first-order chi connectivity index (χ1) is 33.1. The van der Waals surface area contributed by atoms with Crippen LogP contribution in [0, 0.1) is 0 Å². The largest absolute Gasteiger partial charge is 0.462 e. The molecule has 0 heterocycles. The Balaban J connectivity index is 3.46. The fraction of sp³-hybridized carbons (Fsp3) is 0.774. The highest BCUT2D eigenvalue weighted by Crippen LogP contribution is 2.17. The summed E-state index contributed by atoms with van der Waals surface area (Å²) in [6.07, 6.45) is 78.8. The van der Waals surface area contributed by atoms with Crippen LogP contribution in [-0.4, -0.2) is 36.4 Å². The van der Waals surface area contributed by atoms with Gasteiger partial charge in [-0.2, -0.15) is 0 Å². The lowest BCUT2D eigenvalue weighted by Gasteiger charge is -2.15. The van der Waals surface area contributed by atoms with E-state index in [1.54, 1.807) is 0 Å². The molecule has 67 heavy (non-hydrogen) atoms. The second kappa shape index (κ2) is 57.7. The predicted octanol–water partition coefficient (Wildman–Crippen LogP) is 19.6. The Kier molecular flexibility index (Phi) is 55.4. The summed E-state index contributed by atoms with van der Waals surface area (Å²) in [7, 11) is 0. The molecule has 5 heteroatoms. The van der Waals surface area contributed by atoms with Gasteiger partial charge in [-0.25, -0.2) is 0 Å². The lowest BCUT2D eigenvalue weighted by atomic mass is 10.0. The monoisotopic (exact) mass is 935 g/mol. The third kappa shape index (κ3) is 55.8. The zero-order chi connectivity index (χ0) is 48.5. The zero-order valence-corrected chi connectivity index (χ0v) is 44.4. The number of aliphatic hydroxyl groups excluding tert-OH is 1. The first kappa shape index (κ1) is 64.3. The maximum atomic E-state index is 12.3. The van der Waals surface area contributed by atoms with E-state index < -0.39 is 6.10 Å². The SMILES string of the molecule is CC/C=C\C/C=C\C/C=C\C/C=C\C/C=C\C/C=C\CCCCCCCCCCCCCCCCCCC(=O)OC(CO)COC(=O)CCCCCCCCCCCCCCCCCCCC. The van der Waals surface area contributed by atoms with Crippen LogP contribution in [-0.2, 0) is 19.1 Å². The number of rotatable bonds is 53. The van der Waals surface area contributed by atoms with E-state index in [0.29, 0.717) is 12.8 Å². The lowest BCUT2D eigenvalue weighted by molar-refractivity contribution is -0.161. The molecule has 0 aliphatic carbocycles. The van der Waals surface area contributed by atoms with Gasteiger partial charge in [0.15, 0.2) is 6.10 Å². The second-order valence-electron chi connectivity index (χ2n) is 19.3. The Morgan fingerprint density at radius 2 is 0.642 bits per heavy atom. The number of aliphatic hydroxyl groups is 1. The smallest absolute Gasteiger partial charge is 0.306 e. The van der Waals surface area contributed by atoms with Crippen molar-refractivity contribution in [3.8, 4) is 0 Å². The minimum atomic E-state index is -0.771. The molecule has 0 rings (SSSR count). The van der Waals surface area contributed by atoms with Crippen molar-refractivity contribution in [1.82, 2.24) is 0 Å². The summed E-state index contributed by atoms with van der Waals surface area (Å²) in [6, 6.07) is 0. The topological polar surface area (TPSA) is 72.8 Å². The number of carbonyl (C=O) groups excluding carboxylic acids is 2. The van der Waals surface area contributed by atoms with E-state index in [4.69, 9.17) is 9.47 Å². The summed E-state index contributed by atoms with van der Waals surface area (Å²) in [5.41, 5.74) is 0. The fourth-order valence-corrected chi connectivity index (χ4v) is 8.44. The molecule has 0 spiro atoms. The van der Waals surface area contributed by atoms with Crippen molar-refractivity contribution in [3.05, 3.63) is 72.9 Å². The molecule has 0 aromatic carbocycles. The van der Waals surface area contributed by atoms with Crippen LogP contribution in [0.15, 0.2) is 72.9 Å². The number of unbranched alkanes of at least 4 members (excludes halogenated alkanes) is 33. The maximum Gasteiger partial charge on any atom is 0.306 e. The number of carbonyl (C=O) groups is 2. The number of ether oxygens (including phenoxy) is 2. The molecule has 0 aromatic rings. The van der Waals surface area contributed by atoms with Crippen LogP contribution in [0.1, 0.15) is 290 Å². The van der Waals surface area contributed by atoms with Gasteiger partial charge in [0.2, 0.25) is 0 Å². The molecule has 0 amide bonds. The molecule has 0 fully saturated rings. The van der Waals surface area contributed by atoms with Crippen molar-refractivity contribution >= 4 is 11.9 Å². The minimum absolute atomic E-state index is 0.0625. The molecule has 0 saturated carbocycles. The van der Waals surface area contributed by atoms with Crippen LogP contribution in [0.3, 0.4) is 0 Å². The Labute approximate surface area is 416 Å². The third-order valence-electron chi connectivity index (χ3n) is 12.8. The average molecular weight is 936 g/mol. The van der Waals surface area contributed by atoms with Crippen molar-refractivity contribution in [2.75, 3.05) is 13.2 Å². The van der Waals surface area contributed by atoms with Crippen molar-refractivity contribution in [2.24, 2.45) is 0 Å². The van der Waals surface area contributed by atoms with Crippen LogP contribution < -0.4 is 0 Å². The van der Waals surface area contributed by atoms with E-state index >= 15 is 0 Å². The Morgan fingerprint density at radius 3 is 0.970 bits per heavy atom. The van der Waals surface area contributed by atoms with Crippen LogP contribution >= 0.6 is 0 Å². The molecule has 0 bridgehead atoms. The van der Waals surface area contributed by atoms with Crippen molar-refractivity contribution < 1.29 is 24.2 Å². The van der Waals surface area contributed by atoms with Gasteiger partial charge in [0.1, 0.15) is 6.61 Å². The van der Waals surface area contributed by atoms with E-state index in [9.17, 15) is 14.7 Å². The molecule has 0 aliphatic heterocycles. The van der Waals surface area contributed by atoms with Crippen molar-refractivity contribution in [3.63, 3.8) is 0 Å². The molecule has 0 saturated heterocycles. The van der Waals surface area contributed by atoms with Gasteiger partial charge in [-0.05, 0) is 64.2 Å². The van der Waals surface area contributed by atoms with E-state index in [1.165, 1.54) is 186 Å². The van der Waals surface area contributed by atoms with Gasteiger partial charge in [-0.3, -0.25) is 9.59 Å². The van der Waals surface area contributed by atoms with Crippen molar-refractivity contribution in [1.29, 1.82) is 0 Å². The molecule has 0 aromatic heterocycles. The highest BCUT2D eigenvalue weighted by atomic mass is 16.6. The Bertz CT molecular complexity index is 1190. The summed E-state index contributed by atoms with van der Waals surface area (Å²) in [5, 5.41) is 9.65. The molecule has 0 aliphatic rings. The molecule has 1 N–H and O–H groups in total. The molecule has 1 atom stereocenters. The molecular formula is C62H110O5. The van der Waals surface area contributed by atoms with Gasteiger partial charge in [0.05, 0.1) is 6.61 Å². The fourth-order valence-electron chi connectivity index (χ4n) is 8.44. The minimum Gasteiger partial charge on any atom is -0.462 e. The first-order valence-corrected chi connectivity index (χ1v) is 29.0. The van der Waals surface area contributed by atoms with Crippen molar-refractivity contribution in [2.45, 2.75) is 296 Å².